The number of phenolic OH excluding ortho intramolecular Hbond substituents is 2. The van der Waals surface area contributed by atoms with Gasteiger partial charge in [-0.2, -0.15) is 0 Å². The average molecular weight is 346 g/mol. The van der Waals surface area contributed by atoms with Crippen LogP contribution in [0.4, 0.5) is 0 Å². The quantitative estimate of drug-likeness (QED) is 0.575. The first kappa shape index (κ1) is 20.8. The number of phenols is 2. The third-order valence-electron chi connectivity index (χ3n) is 3.30. The van der Waals surface area contributed by atoms with Gasteiger partial charge in [0.2, 0.25) is 0 Å². The molecule has 0 fully saturated rings. The van der Waals surface area contributed by atoms with Crippen LogP contribution in [0, 0.1) is 0 Å². The molecule has 26 heavy (non-hydrogen) atoms. The van der Waals surface area contributed by atoms with E-state index in [4.69, 9.17) is 10.2 Å². The first-order chi connectivity index (χ1) is 12.7. The third-order valence-corrected chi connectivity index (χ3v) is 3.30. The fourth-order valence-electron chi connectivity index (χ4n) is 2.00. The molecule has 2 nitrogen and oxygen atoms in total. The van der Waals surface area contributed by atoms with Gasteiger partial charge < -0.3 is 10.2 Å². The summed E-state index contributed by atoms with van der Waals surface area (Å²) in [7, 11) is 0. The van der Waals surface area contributed by atoms with Crippen molar-refractivity contribution in [3.05, 3.63) is 121 Å². The van der Waals surface area contributed by atoms with Crippen molar-refractivity contribution in [3.8, 4) is 11.5 Å². The van der Waals surface area contributed by atoms with Gasteiger partial charge in [0.25, 0.3) is 0 Å². The van der Waals surface area contributed by atoms with Crippen LogP contribution in [-0.2, 0) is 12.8 Å². The van der Waals surface area contributed by atoms with E-state index in [1.165, 1.54) is 11.1 Å². The van der Waals surface area contributed by atoms with Gasteiger partial charge in [-0.3, -0.25) is 0 Å². The lowest BCUT2D eigenvalue weighted by molar-refractivity contribution is 0.475. The van der Waals surface area contributed by atoms with Gasteiger partial charge in [0.1, 0.15) is 11.5 Å². The van der Waals surface area contributed by atoms with Crippen LogP contribution in [0.1, 0.15) is 11.1 Å². The fraction of sp³-hybridized carbons (Fsp3) is 0.0833. The van der Waals surface area contributed by atoms with Gasteiger partial charge in [0.15, 0.2) is 0 Å². The summed E-state index contributed by atoms with van der Waals surface area (Å²) in [6.07, 6.45) is 5.74. The van der Waals surface area contributed by atoms with Crippen molar-refractivity contribution in [2.24, 2.45) is 0 Å². The topological polar surface area (TPSA) is 40.5 Å². The number of rotatable bonds is 4. The van der Waals surface area contributed by atoms with Crippen LogP contribution in [0.2, 0.25) is 0 Å². The van der Waals surface area contributed by atoms with Crippen molar-refractivity contribution >= 4 is 0 Å². The largest absolute Gasteiger partial charge is 0.508 e. The maximum absolute atomic E-state index is 8.63. The van der Waals surface area contributed by atoms with Crippen LogP contribution in [-0.4, -0.2) is 10.2 Å². The maximum Gasteiger partial charge on any atom is 0.115 e. The van der Waals surface area contributed by atoms with Crippen molar-refractivity contribution < 1.29 is 10.2 Å². The molecule has 3 rings (SSSR count). The summed E-state index contributed by atoms with van der Waals surface area (Å²) in [5.74, 6) is 0.644. The number of para-hydroxylation sites is 2. The minimum Gasteiger partial charge on any atom is -0.508 e. The minimum absolute atomic E-state index is 0.322. The average Bonchev–Trinajstić information content (AvgIpc) is 2.66. The summed E-state index contributed by atoms with van der Waals surface area (Å²) in [5, 5.41) is 17.3. The van der Waals surface area contributed by atoms with E-state index in [-0.39, 0.29) is 0 Å². The Morgan fingerprint density at radius 2 is 0.846 bits per heavy atom. The molecule has 0 bridgehead atoms. The Labute approximate surface area is 156 Å². The van der Waals surface area contributed by atoms with E-state index >= 15 is 0 Å². The molecule has 3 aromatic rings. The molecule has 3 aromatic carbocycles. The van der Waals surface area contributed by atoms with Crippen molar-refractivity contribution in [2.45, 2.75) is 12.8 Å². The minimum atomic E-state index is 0.322. The number of hydrogen-bond donors (Lipinski definition) is 2. The summed E-state index contributed by atoms with van der Waals surface area (Å²) >= 11 is 0. The van der Waals surface area contributed by atoms with Gasteiger partial charge in [-0.1, -0.05) is 72.8 Å². The molecular formula is C24H26O2. The van der Waals surface area contributed by atoms with Crippen LogP contribution in [0.15, 0.2) is 110 Å². The predicted molar refractivity (Wildman–Crippen MR) is 110 cm³/mol. The van der Waals surface area contributed by atoms with E-state index in [1.54, 1.807) is 48.5 Å². The number of hydrogen-bond acceptors (Lipinski definition) is 2. The maximum atomic E-state index is 8.63. The second kappa shape index (κ2) is 13.1. The Kier molecular flexibility index (Phi) is 10.5. The Morgan fingerprint density at radius 1 is 0.538 bits per heavy atom. The smallest absolute Gasteiger partial charge is 0.115 e. The molecule has 0 saturated carbocycles. The Balaban J connectivity index is 0.000000207. The third kappa shape index (κ3) is 9.78. The van der Waals surface area contributed by atoms with Gasteiger partial charge in [-0.15, -0.1) is 13.2 Å². The molecule has 0 saturated heterocycles. The summed E-state index contributed by atoms with van der Waals surface area (Å²) in [6, 6.07) is 26.0. The Hall–Kier alpha value is -3.26. The lowest BCUT2D eigenvalue weighted by Crippen LogP contribution is -1.83. The van der Waals surface area contributed by atoms with Crippen molar-refractivity contribution in [1.29, 1.82) is 0 Å². The zero-order chi connectivity index (χ0) is 19.0. The van der Waals surface area contributed by atoms with E-state index in [9.17, 15) is 0 Å². The summed E-state index contributed by atoms with van der Waals surface area (Å²) in [4.78, 5) is 0. The number of benzene rings is 3. The molecule has 0 aromatic heterocycles. The zero-order valence-corrected chi connectivity index (χ0v) is 15.0. The molecule has 0 radical (unpaired) electrons. The van der Waals surface area contributed by atoms with E-state index < -0.39 is 0 Å². The van der Waals surface area contributed by atoms with Crippen molar-refractivity contribution in [2.75, 3.05) is 0 Å². The molecule has 0 aliphatic carbocycles. The standard InChI is InChI=1S/C12H14.2C6H6O/c1-3-5-11-7-9-12(6-4-2)10-8-11;2*7-6-4-2-1-3-5-6/h3-4,7-10H,1-2,5-6H2;2*1-5,7H. The highest BCUT2D eigenvalue weighted by molar-refractivity contribution is 5.25. The van der Waals surface area contributed by atoms with Crippen LogP contribution in [0.5, 0.6) is 11.5 Å². The molecule has 2 heteroatoms. The van der Waals surface area contributed by atoms with Crippen molar-refractivity contribution in [1.82, 2.24) is 0 Å². The van der Waals surface area contributed by atoms with Gasteiger partial charge in [-0.25, -0.2) is 0 Å². The fourth-order valence-corrected chi connectivity index (χ4v) is 2.00. The summed E-state index contributed by atoms with van der Waals surface area (Å²) in [6.45, 7) is 7.40. The highest BCUT2D eigenvalue weighted by Gasteiger charge is 1.90. The number of allylic oxidation sites excluding steroid dienone is 2. The van der Waals surface area contributed by atoms with E-state index in [0.29, 0.717) is 11.5 Å². The van der Waals surface area contributed by atoms with Crippen LogP contribution < -0.4 is 0 Å². The monoisotopic (exact) mass is 346 g/mol. The molecule has 0 amide bonds. The zero-order valence-electron chi connectivity index (χ0n) is 15.0. The SMILES string of the molecule is C=CCc1ccc(CC=C)cc1.Oc1ccccc1.Oc1ccccc1. The lowest BCUT2D eigenvalue weighted by Gasteiger charge is -1.98. The summed E-state index contributed by atoms with van der Waals surface area (Å²) in [5.41, 5.74) is 2.63. The Bertz CT molecular complexity index is 666. The molecule has 2 N–H and O–H groups in total. The van der Waals surface area contributed by atoms with E-state index in [1.807, 2.05) is 24.3 Å². The summed E-state index contributed by atoms with van der Waals surface area (Å²) < 4.78 is 0. The molecule has 0 unspecified atom stereocenters. The van der Waals surface area contributed by atoms with Crippen LogP contribution in [0.25, 0.3) is 0 Å². The lowest BCUT2D eigenvalue weighted by atomic mass is 10.1. The van der Waals surface area contributed by atoms with Gasteiger partial charge in [-0.05, 0) is 48.2 Å². The Morgan fingerprint density at radius 3 is 1.04 bits per heavy atom. The normalized spacial score (nSPS) is 8.92. The first-order valence-corrected chi connectivity index (χ1v) is 8.43. The van der Waals surface area contributed by atoms with Gasteiger partial charge in [0, 0.05) is 0 Å². The van der Waals surface area contributed by atoms with Crippen LogP contribution in [0.3, 0.4) is 0 Å². The molecule has 0 heterocycles. The van der Waals surface area contributed by atoms with Gasteiger partial charge >= 0.3 is 0 Å². The molecule has 0 atom stereocenters. The molecule has 0 spiro atoms. The van der Waals surface area contributed by atoms with Gasteiger partial charge in [0.05, 0.1) is 0 Å². The molecule has 0 aliphatic heterocycles. The highest BCUT2D eigenvalue weighted by Crippen LogP contribution is 2.06. The first-order valence-electron chi connectivity index (χ1n) is 8.43. The molecule has 134 valence electrons. The van der Waals surface area contributed by atoms with Crippen LogP contribution >= 0.6 is 0 Å². The number of aromatic hydroxyl groups is 2. The second-order valence-corrected chi connectivity index (χ2v) is 5.47. The molecule has 0 aliphatic rings. The highest BCUT2D eigenvalue weighted by atomic mass is 16.3. The van der Waals surface area contributed by atoms with Crippen molar-refractivity contribution in [3.63, 3.8) is 0 Å². The molecular weight excluding hydrogens is 320 g/mol. The second-order valence-electron chi connectivity index (χ2n) is 5.47. The van der Waals surface area contributed by atoms with E-state index in [2.05, 4.69) is 37.4 Å². The predicted octanol–water partition coefficient (Wildman–Crippen LogP) is 5.93. The van der Waals surface area contributed by atoms with E-state index in [0.717, 1.165) is 12.8 Å².